The van der Waals surface area contributed by atoms with Crippen LogP contribution in [0.15, 0.2) is 46.9 Å². The third-order valence-electron chi connectivity index (χ3n) is 3.01. The average Bonchev–Trinajstić information content (AvgIpc) is 2.48. The largest absolute Gasteiger partial charge is 0.507 e. The third-order valence-corrected chi connectivity index (χ3v) is 3.74. The SMILES string of the molecule is CN(C(=O)c1cc(Br)ccc1O)c1cccc(C(N)=S)c1. The van der Waals surface area contributed by atoms with Gasteiger partial charge in [-0.1, -0.05) is 40.3 Å². The Morgan fingerprint density at radius 2 is 2.00 bits per heavy atom. The smallest absolute Gasteiger partial charge is 0.261 e. The highest BCUT2D eigenvalue weighted by Crippen LogP contribution is 2.25. The standard InChI is InChI=1S/C15H13BrN2O2S/c1-18(11-4-2-3-9(7-11)14(17)21)15(20)12-8-10(16)5-6-13(12)19/h2-8,19H,1H3,(H2,17,21). The summed E-state index contributed by atoms with van der Waals surface area (Å²) in [6, 6.07) is 11.8. The van der Waals surface area contributed by atoms with Gasteiger partial charge in [0.25, 0.3) is 5.91 Å². The first-order valence-electron chi connectivity index (χ1n) is 6.06. The van der Waals surface area contributed by atoms with Crippen LogP contribution in [0.1, 0.15) is 15.9 Å². The lowest BCUT2D eigenvalue weighted by Gasteiger charge is -2.19. The minimum atomic E-state index is -0.325. The van der Waals surface area contributed by atoms with Gasteiger partial charge in [-0.15, -0.1) is 0 Å². The van der Waals surface area contributed by atoms with E-state index in [1.54, 1.807) is 43.4 Å². The van der Waals surface area contributed by atoms with Crippen LogP contribution in [0.4, 0.5) is 5.69 Å². The van der Waals surface area contributed by atoms with E-state index in [1.807, 2.05) is 0 Å². The van der Waals surface area contributed by atoms with Crippen molar-refractivity contribution in [2.24, 2.45) is 5.73 Å². The molecule has 2 rings (SSSR count). The molecule has 0 unspecified atom stereocenters. The summed E-state index contributed by atoms with van der Waals surface area (Å²) in [5, 5.41) is 9.83. The number of amides is 1. The number of phenols is 1. The minimum Gasteiger partial charge on any atom is -0.507 e. The number of anilines is 1. The summed E-state index contributed by atoms with van der Waals surface area (Å²) in [5.74, 6) is -0.394. The lowest BCUT2D eigenvalue weighted by Crippen LogP contribution is -2.26. The quantitative estimate of drug-likeness (QED) is 0.821. The molecule has 3 N–H and O–H groups in total. The van der Waals surface area contributed by atoms with Crippen LogP contribution in [-0.4, -0.2) is 23.0 Å². The molecule has 1 amide bonds. The van der Waals surface area contributed by atoms with Crippen molar-refractivity contribution in [2.45, 2.75) is 0 Å². The Hall–Kier alpha value is -1.92. The molecule has 0 aliphatic rings. The fraction of sp³-hybridized carbons (Fsp3) is 0.0667. The molecule has 4 nitrogen and oxygen atoms in total. The summed E-state index contributed by atoms with van der Waals surface area (Å²) in [4.78, 5) is 14.2. The molecule has 21 heavy (non-hydrogen) atoms. The topological polar surface area (TPSA) is 66.6 Å². The number of nitrogens with zero attached hydrogens (tertiary/aromatic N) is 1. The molecule has 0 fully saturated rings. The summed E-state index contributed by atoms with van der Waals surface area (Å²) < 4.78 is 0.717. The lowest BCUT2D eigenvalue weighted by molar-refractivity contribution is 0.0990. The summed E-state index contributed by atoms with van der Waals surface area (Å²) >= 11 is 8.22. The monoisotopic (exact) mass is 364 g/mol. The maximum absolute atomic E-state index is 12.5. The Morgan fingerprint density at radius 1 is 1.29 bits per heavy atom. The van der Waals surface area contributed by atoms with Gasteiger partial charge in [-0.05, 0) is 30.3 Å². The van der Waals surface area contributed by atoms with Crippen molar-refractivity contribution in [3.63, 3.8) is 0 Å². The maximum Gasteiger partial charge on any atom is 0.261 e. The fourth-order valence-electron chi connectivity index (χ4n) is 1.85. The summed E-state index contributed by atoms with van der Waals surface area (Å²) in [6.07, 6.45) is 0. The molecule has 2 aromatic carbocycles. The second-order valence-electron chi connectivity index (χ2n) is 4.44. The number of carbonyl (C=O) groups is 1. The molecule has 108 valence electrons. The average molecular weight is 365 g/mol. The molecule has 0 radical (unpaired) electrons. The van der Waals surface area contributed by atoms with Gasteiger partial charge < -0.3 is 15.7 Å². The van der Waals surface area contributed by atoms with Crippen molar-refractivity contribution in [1.29, 1.82) is 0 Å². The number of hydrogen-bond donors (Lipinski definition) is 2. The first kappa shape index (κ1) is 15.5. The number of nitrogens with two attached hydrogens (primary N) is 1. The van der Waals surface area contributed by atoms with E-state index in [0.29, 0.717) is 15.7 Å². The number of aromatic hydroxyl groups is 1. The van der Waals surface area contributed by atoms with Crippen molar-refractivity contribution in [1.82, 2.24) is 0 Å². The first-order valence-corrected chi connectivity index (χ1v) is 7.26. The molecule has 0 bridgehead atoms. The van der Waals surface area contributed by atoms with Gasteiger partial charge in [0.1, 0.15) is 10.7 Å². The van der Waals surface area contributed by atoms with E-state index in [1.165, 1.54) is 11.0 Å². The van der Waals surface area contributed by atoms with Gasteiger partial charge in [0.2, 0.25) is 0 Å². The number of hydrogen-bond acceptors (Lipinski definition) is 3. The molecule has 0 heterocycles. The zero-order chi connectivity index (χ0) is 15.6. The van der Waals surface area contributed by atoms with Crippen LogP contribution in [-0.2, 0) is 0 Å². The van der Waals surface area contributed by atoms with Crippen LogP contribution < -0.4 is 10.6 Å². The van der Waals surface area contributed by atoms with E-state index in [-0.39, 0.29) is 22.2 Å². The number of rotatable bonds is 3. The van der Waals surface area contributed by atoms with Crippen LogP contribution in [0.5, 0.6) is 5.75 Å². The van der Waals surface area contributed by atoms with Crippen LogP contribution in [0.25, 0.3) is 0 Å². The van der Waals surface area contributed by atoms with E-state index in [9.17, 15) is 9.90 Å². The highest BCUT2D eigenvalue weighted by Gasteiger charge is 2.18. The van der Waals surface area contributed by atoms with E-state index in [0.717, 1.165) is 0 Å². The molecule has 0 atom stereocenters. The maximum atomic E-state index is 12.5. The number of carbonyl (C=O) groups excluding carboxylic acids is 1. The zero-order valence-electron chi connectivity index (χ0n) is 11.2. The molecule has 6 heteroatoms. The van der Waals surface area contributed by atoms with Crippen molar-refractivity contribution >= 4 is 44.7 Å². The van der Waals surface area contributed by atoms with Gasteiger partial charge in [-0.3, -0.25) is 4.79 Å². The normalized spacial score (nSPS) is 10.2. The van der Waals surface area contributed by atoms with Gasteiger partial charge in [0, 0.05) is 22.8 Å². The van der Waals surface area contributed by atoms with Crippen molar-refractivity contribution < 1.29 is 9.90 Å². The van der Waals surface area contributed by atoms with E-state index < -0.39 is 0 Å². The summed E-state index contributed by atoms with van der Waals surface area (Å²) in [6.45, 7) is 0. The minimum absolute atomic E-state index is 0.0689. The van der Waals surface area contributed by atoms with E-state index in [2.05, 4.69) is 15.9 Å². The zero-order valence-corrected chi connectivity index (χ0v) is 13.6. The van der Waals surface area contributed by atoms with Gasteiger partial charge >= 0.3 is 0 Å². The Bertz CT molecular complexity index is 719. The molecule has 0 aliphatic carbocycles. The third kappa shape index (κ3) is 3.40. The number of thiocarbonyl (C=S) groups is 1. The molecule has 0 aliphatic heterocycles. The van der Waals surface area contributed by atoms with Crippen LogP contribution in [0, 0.1) is 0 Å². The summed E-state index contributed by atoms with van der Waals surface area (Å²) in [5.41, 5.74) is 7.14. The highest BCUT2D eigenvalue weighted by molar-refractivity contribution is 9.10. The van der Waals surface area contributed by atoms with Crippen LogP contribution in [0.3, 0.4) is 0 Å². The van der Waals surface area contributed by atoms with Crippen molar-refractivity contribution in [2.75, 3.05) is 11.9 Å². The van der Waals surface area contributed by atoms with Crippen LogP contribution in [0.2, 0.25) is 0 Å². The second kappa shape index (κ2) is 6.24. The highest BCUT2D eigenvalue weighted by atomic mass is 79.9. The van der Waals surface area contributed by atoms with Gasteiger partial charge in [0.05, 0.1) is 5.56 Å². The Kier molecular flexibility index (Phi) is 4.59. The van der Waals surface area contributed by atoms with E-state index in [4.69, 9.17) is 18.0 Å². The number of phenolic OH excluding ortho intramolecular Hbond substituents is 1. The first-order chi connectivity index (χ1) is 9.90. The van der Waals surface area contributed by atoms with E-state index >= 15 is 0 Å². The number of benzene rings is 2. The fourth-order valence-corrected chi connectivity index (χ4v) is 2.33. The lowest BCUT2D eigenvalue weighted by atomic mass is 10.1. The van der Waals surface area contributed by atoms with Gasteiger partial charge in [-0.25, -0.2) is 0 Å². The van der Waals surface area contributed by atoms with Crippen molar-refractivity contribution in [3.8, 4) is 5.75 Å². The van der Waals surface area contributed by atoms with Crippen molar-refractivity contribution in [3.05, 3.63) is 58.1 Å². The van der Waals surface area contributed by atoms with Gasteiger partial charge in [-0.2, -0.15) is 0 Å². The molecule has 0 spiro atoms. The Balaban J connectivity index is 2.37. The molecular formula is C15H13BrN2O2S. The second-order valence-corrected chi connectivity index (χ2v) is 5.80. The Labute approximate surface area is 136 Å². The predicted molar refractivity (Wildman–Crippen MR) is 90.9 cm³/mol. The molecule has 0 saturated heterocycles. The van der Waals surface area contributed by atoms with Crippen LogP contribution >= 0.6 is 28.1 Å². The molecule has 0 aromatic heterocycles. The number of halogens is 1. The Morgan fingerprint density at radius 3 is 2.67 bits per heavy atom. The predicted octanol–water partition coefficient (Wildman–Crippen LogP) is 3.07. The molecule has 2 aromatic rings. The van der Waals surface area contributed by atoms with Gasteiger partial charge in [0.15, 0.2) is 0 Å². The summed E-state index contributed by atoms with van der Waals surface area (Å²) in [7, 11) is 1.63. The molecule has 0 saturated carbocycles. The molecular weight excluding hydrogens is 352 g/mol.